The van der Waals surface area contributed by atoms with Crippen LogP contribution in [0.15, 0.2) is 76.8 Å². The van der Waals surface area contributed by atoms with E-state index >= 15 is 0 Å². The molecule has 3 aromatic heterocycles. The van der Waals surface area contributed by atoms with Gasteiger partial charge in [-0.05, 0) is 61.2 Å². The van der Waals surface area contributed by atoms with E-state index < -0.39 is 17.7 Å². The molecule has 12 heteroatoms. The van der Waals surface area contributed by atoms with E-state index in [1.165, 1.54) is 28.0 Å². The molecule has 2 aromatic carbocycles. The van der Waals surface area contributed by atoms with Crippen molar-refractivity contribution in [3.05, 3.63) is 106 Å². The molecule has 1 aliphatic heterocycles. The number of hydrogen-bond donors (Lipinski definition) is 1. The van der Waals surface area contributed by atoms with Gasteiger partial charge in [-0.3, -0.25) is 14.5 Å². The van der Waals surface area contributed by atoms with Gasteiger partial charge in [0.1, 0.15) is 17.1 Å². The number of rotatable bonds is 12. The molecule has 0 bridgehead atoms. The maximum atomic E-state index is 13.8. The average Bonchev–Trinajstić information content (AvgIpc) is 3.75. The highest BCUT2D eigenvalue weighted by atomic mass is 35.5. The highest BCUT2D eigenvalue weighted by Gasteiger charge is 2.49. The number of aromatic nitrogens is 4. The van der Waals surface area contributed by atoms with Crippen molar-refractivity contribution in [1.82, 2.24) is 19.6 Å². The third-order valence-electron chi connectivity index (χ3n) is 8.13. The largest absolute Gasteiger partial charge is 0.505 e. The van der Waals surface area contributed by atoms with Gasteiger partial charge in [-0.2, -0.15) is 0 Å². The van der Waals surface area contributed by atoms with Crippen LogP contribution in [0.1, 0.15) is 66.7 Å². The number of unbranched alkanes of at least 4 members (excludes halogenated alkanes) is 3. The normalized spacial score (nSPS) is 16.0. The van der Waals surface area contributed by atoms with Crippen LogP contribution in [0.5, 0.6) is 5.75 Å². The lowest BCUT2D eigenvalue weighted by Crippen LogP contribution is -2.29. The summed E-state index contributed by atoms with van der Waals surface area (Å²) in [5.74, 6) is -0.724. The van der Waals surface area contributed by atoms with Crippen molar-refractivity contribution < 1.29 is 19.4 Å². The van der Waals surface area contributed by atoms with Crippen LogP contribution in [0.3, 0.4) is 0 Å². The van der Waals surface area contributed by atoms with Crippen LogP contribution in [0, 0.1) is 13.8 Å². The van der Waals surface area contributed by atoms with Crippen molar-refractivity contribution in [2.24, 2.45) is 0 Å². The zero-order valence-corrected chi connectivity index (χ0v) is 28.7. The maximum Gasteiger partial charge on any atom is 0.301 e. The van der Waals surface area contributed by atoms with Crippen molar-refractivity contribution in [2.45, 2.75) is 62.6 Å². The van der Waals surface area contributed by atoms with E-state index in [2.05, 4.69) is 22.1 Å². The molecule has 47 heavy (non-hydrogen) atoms. The zero-order chi connectivity index (χ0) is 33.1. The Morgan fingerprint density at radius 1 is 1.02 bits per heavy atom. The summed E-state index contributed by atoms with van der Waals surface area (Å²) in [6.07, 6.45) is 6.23. The lowest BCUT2D eigenvalue weighted by atomic mass is 9.96. The second-order valence-electron chi connectivity index (χ2n) is 11.3. The minimum atomic E-state index is -0.965. The second-order valence-corrected chi connectivity index (χ2v) is 13.9. The third-order valence-corrected chi connectivity index (χ3v) is 10.6. The van der Waals surface area contributed by atoms with E-state index in [-0.39, 0.29) is 22.2 Å². The van der Waals surface area contributed by atoms with Crippen molar-refractivity contribution >= 4 is 62.9 Å². The molecule has 1 fully saturated rings. The number of ketones is 1. The molecule has 1 saturated heterocycles. The number of thioether (sulfide) groups is 1. The van der Waals surface area contributed by atoms with Crippen molar-refractivity contribution in [2.75, 3.05) is 11.5 Å². The fourth-order valence-electron chi connectivity index (χ4n) is 5.60. The van der Waals surface area contributed by atoms with Gasteiger partial charge in [0, 0.05) is 17.0 Å². The Labute approximate surface area is 286 Å². The number of hydrogen-bond acceptors (Lipinski definition) is 9. The van der Waals surface area contributed by atoms with E-state index in [0.29, 0.717) is 44.4 Å². The number of imidazole rings is 1. The molecular weight excluding hydrogens is 654 g/mol. The highest BCUT2D eigenvalue weighted by molar-refractivity contribution is 8.00. The van der Waals surface area contributed by atoms with Gasteiger partial charge in [-0.15, -0.1) is 10.2 Å². The predicted molar refractivity (Wildman–Crippen MR) is 186 cm³/mol. The number of ether oxygens (including phenoxy) is 1. The quantitative estimate of drug-likeness (QED) is 0.0348. The van der Waals surface area contributed by atoms with Gasteiger partial charge in [0.2, 0.25) is 5.13 Å². The molecule has 1 N–H and O–H groups in total. The summed E-state index contributed by atoms with van der Waals surface area (Å²) in [4.78, 5) is 33.6. The number of fused-ring (bicyclic) bond motifs is 1. The molecule has 0 saturated carbocycles. The summed E-state index contributed by atoms with van der Waals surface area (Å²) < 4.78 is 8.42. The van der Waals surface area contributed by atoms with Gasteiger partial charge < -0.3 is 14.2 Å². The summed E-state index contributed by atoms with van der Waals surface area (Å²) in [5.41, 5.74) is 3.95. The number of pyridine rings is 1. The van der Waals surface area contributed by atoms with Crippen LogP contribution in [0.4, 0.5) is 5.13 Å². The molecule has 0 radical (unpaired) electrons. The molecule has 9 nitrogen and oxygen atoms in total. The number of aliphatic hydroxyl groups excluding tert-OH is 1. The van der Waals surface area contributed by atoms with Crippen LogP contribution in [0.25, 0.3) is 11.4 Å². The topological polar surface area (TPSA) is 110 Å². The van der Waals surface area contributed by atoms with Crippen LogP contribution >= 0.6 is 34.7 Å². The number of amides is 1. The first-order chi connectivity index (χ1) is 22.8. The van der Waals surface area contributed by atoms with Crippen molar-refractivity contribution in [1.29, 1.82) is 0 Å². The van der Waals surface area contributed by atoms with Gasteiger partial charge in [-0.25, -0.2) is 4.98 Å². The molecule has 1 amide bonds. The Balaban J connectivity index is 1.37. The minimum Gasteiger partial charge on any atom is -0.505 e. The molecule has 4 heterocycles. The van der Waals surface area contributed by atoms with E-state index in [9.17, 15) is 14.7 Å². The van der Waals surface area contributed by atoms with E-state index in [0.717, 1.165) is 36.8 Å². The van der Waals surface area contributed by atoms with Crippen LogP contribution in [-0.2, 0) is 15.3 Å². The number of carbonyl (C=O) groups is 2. The maximum absolute atomic E-state index is 13.8. The Kier molecular flexibility index (Phi) is 9.95. The smallest absolute Gasteiger partial charge is 0.301 e. The number of aliphatic hydroxyl groups is 1. The van der Waals surface area contributed by atoms with Crippen molar-refractivity contribution in [3.63, 3.8) is 0 Å². The molecule has 1 unspecified atom stereocenters. The molecular formula is C35H34ClN5O4S2. The first kappa shape index (κ1) is 32.7. The van der Waals surface area contributed by atoms with E-state index in [1.807, 2.05) is 85.1 Å². The summed E-state index contributed by atoms with van der Waals surface area (Å²) in [6, 6.07) is 17.7. The summed E-state index contributed by atoms with van der Waals surface area (Å²) in [5, 5.41) is 21.3. The first-order valence-electron chi connectivity index (χ1n) is 15.5. The second kappa shape index (κ2) is 14.3. The third kappa shape index (κ3) is 6.65. The number of Topliss-reactive ketones (excluding diaryl/α,β-unsaturated/α-hetero) is 1. The fraction of sp³-hybridized carbons (Fsp3) is 0.286. The Hall–Kier alpha value is -4.19. The average molecular weight is 688 g/mol. The lowest BCUT2D eigenvalue weighted by molar-refractivity contribution is -0.132. The summed E-state index contributed by atoms with van der Waals surface area (Å²) >= 11 is 8.98. The number of benzene rings is 2. The van der Waals surface area contributed by atoms with Gasteiger partial charge in [0.25, 0.3) is 5.78 Å². The summed E-state index contributed by atoms with van der Waals surface area (Å²) in [7, 11) is 0. The van der Waals surface area contributed by atoms with Gasteiger partial charge >= 0.3 is 5.91 Å². The summed E-state index contributed by atoms with van der Waals surface area (Å²) in [6.45, 7) is 6.51. The lowest BCUT2D eigenvalue weighted by Gasteiger charge is -2.22. The molecule has 0 spiro atoms. The SMILES string of the molecule is CCCCCCOc1ccc(C2C(=C(O)c3nc4c(C)cccn4c3C)C(=O)C(=O)N2c2nnc(SCc3ccccc3Cl)s2)cc1. The van der Waals surface area contributed by atoms with Crippen molar-refractivity contribution in [3.8, 4) is 5.75 Å². The number of nitrogens with zero attached hydrogens (tertiary/aromatic N) is 5. The first-order valence-corrected chi connectivity index (χ1v) is 17.6. The highest BCUT2D eigenvalue weighted by Crippen LogP contribution is 2.44. The van der Waals surface area contributed by atoms with E-state index in [4.69, 9.17) is 16.3 Å². The van der Waals surface area contributed by atoms with Gasteiger partial charge in [0.05, 0.1) is 23.9 Å². The predicted octanol–water partition coefficient (Wildman–Crippen LogP) is 8.33. The molecule has 242 valence electrons. The molecule has 1 atom stereocenters. The number of anilines is 1. The Morgan fingerprint density at radius 2 is 1.81 bits per heavy atom. The molecule has 6 rings (SSSR count). The number of halogens is 1. The molecule has 0 aliphatic carbocycles. The fourth-order valence-corrected chi connectivity index (χ4v) is 7.75. The van der Waals surface area contributed by atoms with E-state index in [1.54, 1.807) is 0 Å². The number of aryl methyl sites for hydroxylation is 2. The van der Waals surface area contributed by atoms with Crippen LogP contribution in [0.2, 0.25) is 5.02 Å². The number of carbonyl (C=O) groups excluding carboxylic acids is 2. The van der Waals surface area contributed by atoms with Crippen LogP contribution < -0.4 is 9.64 Å². The zero-order valence-electron chi connectivity index (χ0n) is 26.3. The Morgan fingerprint density at radius 3 is 2.55 bits per heavy atom. The standard InChI is InChI=1S/C35H34ClN5O4S2/c1-4-5-6-9-19-45-25-16-14-23(15-17-25)29-27(30(42)28-22(3)40-18-10-11-21(2)32(40)37-28)31(43)33(44)41(29)34-38-39-35(47-34)46-20-24-12-7-8-13-26(24)36/h7-8,10-18,29,42H,4-6,9,19-20H2,1-3H3. The molecule has 1 aliphatic rings. The van der Waals surface area contributed by atoms with Crippen LogP contribution in [-0.4, -0.2) is 43.0 Å². The molecule has 5 aromatic rings. The van der Waals surface area contributed by atoms with Gasteiger partial charge in [-0.1, -0.05) is 97.3 Å². The minimum absolute atomic E-state index is 0.0622. The van der Waals surface area contributed by atoms with Gasteiger partial charge in [0.15, 0.2) is 10.1 Å². The Bertz CT molecular complexity index is 1970. The monoisotopic (exact) mass is 687 g/mol.